The third-order valence-electron chi connectivity index (χ3n) is 16.8. The van der Waals surface area contributed by atoms with E-state index >= 15 is 0 Å². The molecule has 6 nitrogen and oxygen atoms in total. The molecule has 0 unspecified atom stereocenters. The largest absolute Gasteiger partial charge is 0.454 e. The molecule has 0 saturated heterocycles. The highest BCUT2D eigenvalue weighted by atomic mass is 16.3. The molecule has 0 bridgehead atoms. The van der Waals surface area contributed by atoms with Gasteiger partial charge >= 0.3 is 0 Å². The van der Waals surface area contributed by atoms with Crippen molar-refractivity contribution in [1.29, 1.82) is 0 Å². The van der Waals surface area contributed by atoms with Crippen molar-refractivity contribution in [2.45, 2.75) is 52.4 Å². The number of furan rings is 2. The first kappa shape index (κ1) is 36.3. The van der Waals surface area contributed by atoms with Gasteiger partial charge in [-0.1, -0.05) is 187 Å². The third kappa shape index (κ3) is 6.13. The van der Waals surface area contributed by atoms with Gasteiger partial charge in [-0.2, -0.15) is 0 Å². The summed E-state index contributed by atoms with van der Waals surface area (Å²) in [7, 11) is 0. The first-order valence-electron chi connectivity index (χ1n) is 32.1. The van der Waals surface area contributed by atoms with Gasteiger partial charge in [-0.15, -0.1) is 0 Å². The van der Waals surface area contributed by atoms with Gasteiger partial charge in [0.15, 0.2) is 11.2 Å². The van der Waals surface area contributed by atoms with Crippen LogP contribution in [-0.2, 0) is 10.8 Å². The molecule has 0 radical (unpaired) electrons. The molecular formula is C74H54N4O2. The number of aromatic nitrogens is 2. The van der Waals surface area contributed by atoms with Gasteiger partial charge in [-0.25, -0.2) is 0 Å². The number of rotatable bonds is 6. The fourth-order valence-corrected chi connectivity index (χ4v) is 13.3. The lowest BCUT2D eigenvalue weighted by Gasteiger charge is -2.25. The van der Waals surface area contributed by atoms with Crippen LogP contribution in [-0.4, -0.2) is 8.80 Å². The zero-order valence-corrected chi connectivity index (χ0v) is 44.6. The molecule has 0 aliphatic rings. The molecule has 6 heteroatoms. The Morgan fingerprint density at radius 2 is 0.662 bits per heavy atom. The number of fused-ring (bicyclic) bond motifs is 18. The number of nitrogens with zero attached hydrogens (tertiary/aromatic N) is 4. The number of hydrogen-bond acceptors (Lipinski definition) is 4. The van der Waals surface area contributed by atoms with Crippen molar-refractivity contribution in [3.8, 4) is 0 Å². The molecule has 6 aromatic heterocycles. The maximum Gasteiger partial charge on any atom is 0.159 e. The first-order chi connectivity index (χ1) is 43.1. The zero-order chi connectivity index (χ0) is 62.2. The maximum absolute atomic E-state index is 9.47. The molecule has 0 amide bonds. The van der Waals surface area contributed by atoms with Crippen LogP contribution in [0, 0.1) is 0 Å². The minimum atomic E-state index is -0.485. The summed E-state index contributed by atoms with van der Waals surface area (Å²) in [6.07, 6.45) is 0. The van der Waals surface area contributed by atoms with E-state index in [1.807, 2.05) is 72.8 Å². The summed E-state index contributed by atoms with van der Waals surface area (Å²) in [6, 6.07) is 49.1. The van der Waals surface area contributed by atoms with Crippen LogP contribution < -0.4 is 9.80 Å². The average molecular weight is 1040 g/mol. The Hall–Kier alpha value is -9.78. The molecule has 0 aliphatic heterocycles. The summed E-state index contributed by atoms with van der Waals surface area (Å²) in [4.78, 5) is 3.52. The van der Waals surface area contributed by atoms with E-state index in [1.54, 1.807) is 9.80 Å². The van der Waals surface area contributed by atoms with Crippen LogP contribution in [0.4, 0.5) is 34.1 Å². The fourth-order valence-electron chi connectivity index (χ4n) is 13.3. The van der Waals surface area contributed by atoms with Crippen molar-refractivity contribution in [3.05, 3.63) is 229 Å². The molecule has 0 aliphatic carbocycles. The first-order valence-corrected chi connectivity index (χ1v) is 27.1. The van der Waals surface area contributed by atoms with E-state index in [4.69, 9.17) is 17.1 Å². The summed E-state index contributed by atoms with van der Waals surface area (Å²) >= 11 is 0. The lowest BCUT2D eigenvalue weighted by Crippen LogP contribution is -2.11. The molecule has 17 aromatic rings. The van der Waals surface area contributed by atoms with Crippen LogP contribution in [0.15, 0.2) is 227 Å². The van der Waals surface area contributed by atoms with Crippen LogP contribution in [0.2, 0.25) is 0 Å². The van der Waals surface area contributed by atoms with Gasteiger partial charge in [-0.05, 0) is 83.5 Å². The maximum atomic E-state index is 9.47. The fraction of sp³-hybridized carbons (Fsp3) is 0.108. The summed E-state index contributed by atoms with van der Waals surface area (Å²) < 4.78 is 109. The predicted molar refractivity (Wildman–Crippen MR) is 337 cm³/mol. The second-order valence-electron chi connectivity index (χ2n) is 23.4. The van der Waals surface area contributed by atoms with Gasteiger partial charge in [-0.3, -0.25) is 0 Å². The summed E-state index contributed by atoms with van der Waals surface area (Å²) in [5.41, 5.74) is 11.7. The summed E-state index contributed by atoms with van der Waals surface area (Å²) in [6.45, 7) is 12.9. The Morgan fingerprint density at radius 3 is 1.06 bits per heavy atom. The lowest BCUT2D eigenvalue weighted by atomic mass is 9.86. The highest BCUT2D eigenvalue weighted by molar-refractivity contribution is 6.29. The number of benzene rings is 11. The van der Waals surface area contributed by atoms with Crippen molar-refractivity contribution in [1.82, 2.24) is 8.80 Å². The standard InChI is InChI=1S/C74H54N4O2/c1-73(2,3)59-31-15-27-53-55-29-17-33-61(71(55)79-69(53)59)75(43-19-9-7-10-20-43)45-35-37-47-49-23-13-25-51-57-42-66-58(41-65(57)77(67(49)51)63(47)39-45)52-26-14-24-50-48-38-36-46(40-64(48)78(66)68(50)52)76(44-21-11-8-12-22-44)62-34-18-30-56-54-28-16-32-60(74(4,5)6)70(54)80-72(56)62/h7-42H,1-6H3/i7D,8D,9D,10D,11D,12D,19D,20D,21D,22D. The van der Waals surface area contributed by atoms with Crippen molar-refractivity contribution >= 4 is 154 Å². The van der Waals surface area contributed by atoms with E-state index in [0.717, 1.165) is 120 Å². The van der Waals surface area contributed by atoms with Gasteiger partial charge in [0.25, 0.3) is 0 Å². The number of hydrogen-bond donors (Lipinski definition) is 0. The van der Waals surface area contributed by atoms with E-state index in [1.165, 1.54) is 0 Å². The van der Waals surface area contributed by atoms with Gasteiger partial charge in [0.1, 0.15) is 11.2 Å². The van der Waals surface area contributed by atoms with E-state index in [2.05, 4.69) is 135 Å². The van der Waals surface area contributed by atoms with Crippen LogP contribution in [0.5, 0.6) is 0 Å². The number of anilines is 6. The van der Waals surface area contributed by atoms with Crippen molar-refractivity contribution in [2.24, 2.45) is 0 Å². The molecule has 17 rings (SSSR count). The molecule has 0 spiro atoms. The molecular weight excluding hydrogens is 977 g/mol. The van der Waals surface area contributed by atoms with E-state index < -0.39 is 36.3 Å². The Kier molecular flexibility index (Phi) is 7.23. The normalized spacial score (nSPS) is 14.6. The van der Waals surface area contributed by atoms with Crippen LogP contribution in [0.3, 0.4) is 0 Å². The van der Waals surface area contributed by atoms with Crippen molar-refractivity contribution in [3.63, 3.8) is 0 Å². The monoisotopic (exact) mass is 1040 g/mol. The van der Waals surface area contributed by atoms with Gasteiger partial charge in [0, 0.05) is 98.5 Å². The minimum Gasteiger partial charge on any atom is -0.454 e. The Bertz CT molecular complexity index is 5620. The Morgan fingerprint density at radius 1 is 0.325 bits per heavy atom. The average Bonchev–Trinajstić information content (AvgIpc) is 1.52. The second-order valence-corrected chi connectivity index (χ2v) is 23.4. The van der Waals surface area contributed by atoms with Crippen LogP contribution in [0.1, 0.15) is 66.4 Å². The van der Waals surface area contributed by atoms with E-state index in [9.17, 15) is 5.48 Å². The summed E-state index contributed by atoms with van der Waals surface area (Å²) in [5, 5.41) is 11.5. The smallest absolute Gasteiger partial charge is 0.159 e. The number of para-hydroxylation sites is 8. The van der Waals surface area contributed by atoms with Crippen molar-refractivity contribution < 1.29 is 22.5 Å². The SMILES string of the molecule is [2H]c1c([2H])c([2H])c(N(c2ccc3c4cccc5c6cc7c(cc6n(c3c2)c45)c2cccc3c4ccc(N(c5c([2H])c([2H])c([2H])c([2H])c5[2H])c5cccc6c5oc5c(C(C)(C)C)cccc56)cc4n7c32)c2cccc3c2oc2c(C(C)(C)C)cccc23)c([2H])c1[2H]. The van der Waals surface area contributed by atoms with Crippen molar-refractivity contribution in [2.75, 3.05) is 9.80 Å². The predicted octanol–water partition coefficient (Wildman–Crippen LogP) is 21.3. The molecule has 382 valence electrons. The summed E-state index contributed by atoms with van der Waals surface area (Å²) in [5.74, 6) is 0. The minimum absolute atomic E-state index is 0.0103. The van der Waals surface area contributed by atoms with E-state index in [-0.39, 0.29) is 46.4 Å². The molecule has 11 aromatic carbocycles. The second kappa shape index (κ2) is 15.9. The molecule has 0 saturated carbocycles. The molecule has 0 fully saturated rings. The topological polar surface area (TPSA) is 41.6 Å². The van der Waals surface area contributed by atoms with Crippen LogP contribution >= 0.6 is 0 Å². The zero-order valence-electron chi connectivity index (χ0n) is 54.6. The van der Waals surface area contributed by atoms with Gasteiger partial charge in [0.2, 0.25) is 0 Å². The highest BCUT2D eigenvalue weighted by Crippen LogP contribution is 2.50. The Labute approximate surface area is 475 Å². The molecule has 0 N–H and O–H groups in total. The highest BCUT2D eigenvalue weighted by Gasteiger charge is 2.29. The molecule has 80 heavy (non-hydrogen) atoms. The quantitative estimate of drug-likeness (QED) is 0.166. The lowest BCUT2D eigenvalue weighted by molar-refractivity contribution is 0.572. The van der Waals surface area contributed by atoms with Gasteiger partial charge < -0.3 is 27.4 Å². The third-order valence-corrected chi connectivity index (χ3v) is 16.8. The van der Waals surface area contributed by atoms with Crippen LogP contribution in [0.25, 0.3) is 120 Å². The Balaban J connectivity index is 0.918. The van der Waals surface area contributed by atoms with E-state index in [0.29, 0.717) is 33.9 Å². The molecule has 0 atom stereocenters. The van der Waals surface area contributed by atoms with Gasteiger partial charge in [0.05, 0.1) is 58.2 Å². The molecule has 6 heterocycles.